The first-order chi connectivity index (χ1) is 15.1. The van der Waals surface area contributed by atoms with Gasteiger partial charge in [0.2, 0.25) is 5.91 Å². The Morgan fingerprint density at radius 1 is 1.16 bits per heavy atom. The molecule has 0 radical (unpaired) electrons. The van der Waals surface area contributed by atoms with E-state index in [1.807, 2.05) is 60.8 Å². The van der Waals surface area contributed by atoms with Crippen LogP contribution in [-0.4, -0.2) is 21.6 Å². The zero-order valence-corrected chi connectivity index (χ0v) is 19.0. The van der Waals surface area contributed by atoms with Crippen LogP contribution >= 0.6 is 23.1 Å². The number of hydrogen-bond acceptors (Lipinski definition) is 5. The highest BCUT2D eigenvalue weighted by Crippen LogP contribution is 2.30. The SMILES string of the molecule is CCc1cccc(C)c1NC(=O)CSCc1nc2scc(-c3ccccc3)c2c(=O)[nH]1. The summed E-state index contributed by atoms with van der Waals surface area (Å²) in [5, 5.41) is 5.62. The standard InChI is InChI=1S/C24H23N3O2S2/c1-3-16-11-7-8-15(2)22(16)27-20(28)14-30-13-19-25-23(29)21-18(12-31-24(21)26-19)17-9-5-4-6-10-17/h4-12H,3,13-14H2,1-2H3,(H,27,28)(H,25,26,29). The molecule has 2 N–H and O–H groups in total. The summed E-state index contributed by atoms with van der Waals surface area (Å²) < 4.78 is 0. The van der Waals surface area contributed by atoms with Crippen LogP contribution in [0, 0.1) is 6.92 Å². The van der Waals surface area contributed by atoms with Crippen molar-refractivity contribution in [2.75, 3.05) is 11.1 Å². The van der Waals surface area contributed by atoms with Gasteiger partial charge in [0, 0.05) is 16.6 Å². The van der Waals surface area contributed by atoms with E-state index in [1.165, 1.54) is 23.1 Å². The number of rotatable bonds is 7. The summed E-state index contributed by atoms with van der Waals surface area (Å²) in [6.07, 6.45) is 0.862. The Bertz CT molecular complexity index is 1280. The first-order valence-electron chi connectivity index (χ1n) is 10.1. The second-order valence-corrected chi connectivity index (χ2v) is 9.06. The van der Waals surface area contributed by atoms with Gasteiger partial charge in [-0.1, -0.05) is 55.5 Å². The molecule has 2 aromatic carbocycles. The maximum Gasteiger partial charge on any atom is 0.260 e. The Morgan fingerprint density at radius 3 is 2.74 bits per heavy atom. The van der Waals surface area contributed by atoms with Crippen LogP contribution in [0.25, 0.3) is 21.3 Å². The summed E-state index contributed by atoms with van der Waals surface area (Å²) >= 11 is 2.90. The van der Waals surface area contributed by atoms with Crippen LogP contribution in [0.1, 0.15) is 23.9 Å². The quantitative estimate of drug-likeness (QED) is 0.396. The Hall–Kier alpha value is -2.90. The number of benzene rings is 2. The van der Waals surface area contributed by atoms with Gasteiger partial charge in [-0.2, -0.15) is 0 Å². The van der Waals surface area contributed by atoms with Crippen LogP contribution in [0.3, 0.4) is 0 Å². The van der Waals surface area contributed by atoms with Crippen molar-refractivity contribution >= 4 is 44.9 Å². The van der Waals surface area contributed by atoms with E-state index in [9.17, 15) is 9.59 Å². The molecule has 0 aliphatic rings. The lowest BCUT2D eigenvalue weighted by molar-refractivity contribution is -0.113. The molecule has 0 bridgehead atoms. The topological polar surface area (TPSA) is 74.8 Å². The van der Waals surface area contributed by atoms with Crippen molar-refractivity contribution in [3.63, 3.8) is 0 Å². The molecule has 5 nitrogen and oxygen atoms in total. The minimum atomic E-state index is -0.141. The summed E-state index contributed by atoms with van der Waals surface area (Å²) in [5.74, 6) is 1.28. The molecule has 4 rings (SSSR count). The van der Waals surface area contributed by atoms with Crippen molar-refractivity contribution < 1.29 is 4.79 Å². The van der Waals surface area contributed by atoms with E-state index < -0.39 is 0 Å². The fourth-order valence-corrected chi connectivity index (χ4v) is 5.17. The number of aryl methyl sites for hydroxylation is 2. The van der Waals surface area contributed by atoms with Crippen molar-refractivity contribution in [2.24, 2.45) is 0 Å². The van der Waals surface area contributed by atoms with Crippen LogP contribution in [0.4, 0.5) is 5.69 Å². The summed E-state index contributed by atoms with van der Waals surface area (Å²) in [7, 11) is 0. The molecule has 31 heavy (non-hydrogen) atoms. The van der Waals surface area contributed by atoms with E-state index >= 15 is 0 Å². The third kappa shape index (κ3) is 4.73. The monoisotopic (exact) mass is 449 g/mol. The molecule has 2 heterocycles. The number of fused-ring (bicyclic) bond motifs is 1. The number of aromatic nitrogens is 2. The van der Waals surface area contributed by atoms with Crippen molar-refractivity contribution in [1.29, 1.82) is 0 Å². The van der Waals surface area contributed by atoms with Gasteiger partial charge in [0.15, 0.2) is 0 Å². The molecule has 0 aliphatic carbocycles. The molecule has 0 fully saturated rings. The normalized spacial score (nSPS) is 11.0. The number of H-pyrrole nitrogens is 1. The molecular formula is C24H23N3O2S2. The fourth-order valence-electron chi connectivity index (χ4n) is 3.51. The molecule has 0 unspecified atom stereocenters. The van der Waals surface area contributed by atoms with E-state index in [0.29, 0.717) is 22.7 Å². The zero-order valence-electron chi connectivity index (χ0n) is 17.4. The number of carbonyl (C=O) groups is 1. The van der Waals surface area contributed by atoms with Crippen molar-refractivity contribution in [1.82, 2.24) is 9.97 Å². The second-order valence-electron chi connectivity index (χ2n) is 7.21. The summed E-state index contributed by atoms with van der Waals surface area (Å²) in [5.41, 5.74) is 4.84. The van der Waals surface area contributed by atoms with Crippen LogP contribution in [0.2, 0.25) is 0 Å². The predicted molar refractivity (Wildman–Crippen MR) is 131 cm³/mol. The molecule has 2 aromatic heterocycles. The molecule has 1 amide bonds. The average Bonchev–Trinajstić information content (AvgIpc) is 3.20. The number of para-hydroxylation sites is 1. The number of thioether (sulfide) groups is 1. The van der Waals surface area contributed by atoms with E-state index in [0.717, 1.165) is 39.2 Å². The Kier molecular flexibility index (Phi) is 6.53. The van der Waals surface area contributed by atoms with Crippen LogP contribution in [-0.2, 0) is 17.0 Å². The lowest BCUT2D eigenvalue weighted by atomic mass is 10.1. The van der Waals surface area contributed by atoms with Gasteiger partial charge in [0.25, 0.3) is 5.56 Å². The Labute approximate surface area is 188 Å². The number of nitrogens with zero attached hydrogens (tertiary/aromatic N) is 1. The number of aromatic amines is 1. The van der Waals surface area contributed by atoms with Gasteiger partial charge in [0.1, 0.15) is 10.7 Å². The molecular weight excluding hydrogens is 426 g/mol. The highest BCUT2D eigenvalue weighted by Gasteiger charge is 2.14. The van der Waals surface area contributed by atoms with Gasteiger partial charge >= 0.3 is 0 Å². The average molecular weight is 450 g/mol. The summed E-state index contributed by atoms with van der Waals surface area (Å²) in [6.45, 7) is 4.07. The lowest BCUT2D eigenvalue weighted by Gasteiger charge is -2.12. The number of amides is 1. The lowest BCUT2D eigenvalue weighted by Crippen LogP contribution is -2.17. The van der Waals surface area contributed by atoms with E-state index in [1.54, 1.807) is 0 Å². The van der Waals surface area contributed by atoms with Crippen molar-refractivity contribution in [2.45, 2.75) is 26.0 Å². The molecule has 0 saturated carbocycles. The third-order valence-corrected chi connectivity index (χ3v) is 6.87. The van der Waals surface area contributed by atoms with Gasteiger partial charge in [-0.05, 0) is 30.0 Å². The maximum absolute atomic E-state index is 12.7. The van der Waals surface area contributed by atoms with E-state index in [-0.39, 0.29) is 11.5 Å². The molecule has 0 saturated heterocycles. The fraction of sp³-hybridized carbons (Fsp3) is 0.208. The zero-order chi connectivity index (χ0) is 21.8. The summed E-state index contributed by atoms with van der Waals surface area (Å²) in [4.78, 5) is 33.4. The predicted octanol–water partition coefficient (Wildman–Crippen LogP) is 5.39. The first kappa shape index (κ1) is 21.3. The highest BCUT2D eigenvalue weighted by atomic mass is 32.2. The number of anilines is 1. The van der Waals surface area contributed by atoms with Crippen LogP contribution in [0.15, 0.2) is 58.7 Å². The molecule has 4 aromatic rings. The van der Waals surface area contributed by atoms with Crippen LogP contribution < -0.4 is 10.9 Å². The first-order valence-corrected chi connectivity index (χ1v) is 12.1. The maximum atomic E-state index is 12.7. The molecule has 7 heteroatoms. The minimum absolute atomic E-state index is 0.0556. The second kappa shape index (κ2) is 9.49. The third-order valence-electron chi connectivity index (χ3n) is 5.05. The van der Waals surface area contributed by atoms with Gasteiger partial charge < -0.3 is 10.3 Å². The van der Waals surface area contributed by atoms with E-state index in [4.69, 9.17) is 0 Å². The molecule has 0 atom stereocenters. The largest absolute Gasteiger partial charge is 0.325 e. The Morgan fingerprint density at radius 2 is 1.97 bits per heavy atom. The minimum Gasteiger partial charge on any atom is -0.325 e. The van der Waals surface area contributed by atoms with Crippen molar-refractivity contribution in [3.05, 3.63) is 81.2 Å². The number of nitrogens with one attached hydrogen (secondary N) is 2. The molecule has 0 aliphatic heterocycles. The molecule has 158 valence electrons. The number of hydrogen-bond donors (Lipinski definition) is 2. The highest BCUT2D eigenvalue weighted by molar-refractivity contribution is 7.99. The van der Waals surface area contributed by atoms with Gasteiger partial charge in [-0.25, -0.2) is 4.98 Å². The van der Waals surface area contributed by atoms with Gasteiger partial charge in [-0.15, -0.1) is 23.1 Å². The van der Waals surface area contributed by atoms with Crippen molar-refractivity contribution in [3.8, 4) is 11.1 Å². The summed E-state index contributed by atoms with van der Waals surface area (Å²) in [6, 6.07) is 15.9. The number of thiophene rings is 1. The van der Waals surface area contributed by atoms with Gasteiger partial charge in [-0.3, -0.25) is 9.59 Å². The smallest absolute Gasteiger partial charge is 0.260 e. The molecule has 0 spiro atoms. The van der Waals surface area contributed by atoms with E-state index in [2.05, 4.69) is 22.2 Å². The number of carbonyl (C=O) groups excluding carboxylic acids is 1. The Balaban J connectivity index is 1.43. The van der Waals surface area contributed by atoms with Gasteiger partial charge in [0.05, 0.1) is 16.9 Å². The van der Waals surface area contributed by atoms with Crippen LogP contribution in [0.5, 0.6) is 0 Å².